The van der Waals surface area contributed by atoms with Crippen molar-refractivity contribution < 1.29 is 132 Å². The summed E-state index contributed by atoms with van der Waals surface area (Å²) in [5.74, 6) is 0. The Morgan fingerprint density at radius 1 is 0.526 bits per heavy atom. The molecule has 0 unspecified atom stereocenters. The van der Waals surface area contributed by atoms with Gasteiger partial charge in [-0.15, -0.1) is 0 Å². The van der Waals surface area contributed by atoms with Crippen LogP contribution in [0.15, 0.2) is 0 Å². The summed E-state index contributed by atoms with van der Waals surface area (Å²) in [5.41, 5.74) is 0. The van der Waals surface area contributed by atoms with E-state index in [2.05, 4.69) is 0 Å². The molecule has 0 aromatic rings. The van der Waals surface area contributed by atoms with Crippen molar-refractivity contribution in [3.63, 3.8) is 0 Å². The molecule has 0 aromatic heterocycles. The third kappa shape index (κ3) is 631. The fourth-order valence-electron chi connectivity index (χ4n) is 0. The number of rotatable bonds is 0. The molecule has 0 fully saturated rings. The third-order valence-corrected chi connectivity index (χ3v) is 0. The molecule has 0 saturated carbocycles. The van der Waals surface area contributed by atoms with Gasteiger partial charge < -0.3 is 60.3 Å². The first-order valence-electron chi connectivity index (χ1n) is 2.96. The standard InChI is InChI=1S/2BH3O3.2BO3.Ce.Na.Sr/c4*2-1(3)4;;;/h2*2-4H;;;;;/q;;2*-3;+3;+1;+2. The molecular weight excluding hydrogens is 486 g/mol. The Morgan fingerprint density at radius 3 is 0.526 bits per heavy atom. The Morgan fingerprint density at radius 2 is 0.526 bits per heavy atom. The van der Waals surface area contributed by atoms with Gasteiger partial charge in [0.2, 0.25) is 0 Å². The van der Waals surface area contributed by atoms with E-state index in [9.17, 15) is 0 Å². The molecule has 0 bridgehead atoms. The molecule has 19 heavy (non-hydrogen) atoms. The van der Waals surface area contributed by atoms with Gasteiger partial charge in [0.15, 0.2) is 0 Å². The fourth-order valence-corrected chi connectivity index (χ4v) is 0. The van der Waals surface area contributed by atoms with Crippen molar-refractivity contribution >= 4 is 74.8 Å². The van der Waals surface area contributed by atoms with Crippen LogP contribution < -0.4 is 59.7 Å². The zero-order valence-corrected chi connectivity index (χ0v) is 18.3. The van der Waals surface area contributed by atoms with Crippen molar-refractivity contribution in [2.24, 2.45) is 0 Å². The molecule has 0 aliphatic carbocycles. The summed E-state index contributed by atoms with van der Waals surface area (Å²) < 4.78 is 0. The van der Waals surface area contributed by atoms with Crippen LogP contribution in [0.1, 0.15) is 0 Å². The largest absolute Gasteiger partial charge is 3.00 e. The van der Waals surface area contributed by atoms with Gasteiger partial charge in [0.25, 0.3) is 0 Å². The van der Waals surface area contributed by atoms with E-state index in [4.69, 9.17) is 60.3 Å². The molecule has 97 valence electrons. The van der Waals surface area contributed by atoms with Gasteiger partial charge in [0.1, 0.15) is 0 Å². The molecule has 19 heteroatoms. The molecule has 0 aliphatic heterocycles. The quantitative estimate of drug-likeness (QED) is 0.172. The molecule has 12 nitrogen and oxygen atoms in total. The predicted molar refractivity (Wildman–Crippen MR) is 42.1 cm³/mol. The Hall–Kier alpha value is 3.64. The molecule has 0 aliphatic rings. The first-order valence-corrected chi connectivity index (χ1v) is 2.96. The molecule has 0 aromatic carbocycles. The van der Waals surface area contributed by atoms with E-state index < -0.39 is 29.3 Å². The topological polar surface area (TPSA) is 260 Å². The summed E-state index contributed by atoms with van der Waals surface area (Å²) >= 11 is 0. The molecule has 0 heterocycles. The minimum absolute atomic E-state index is 0. The van der Waals surface area contributed by atoms with Crippen LogP contribution in [0, 0.1) is 41.7 Å². The molecule has 6 N–H and O–H groups in total. The van der Waals surface area contributed by atoms with Crippen LogP contribution in [-0.2, 0) is 0 Å². The van der Waals surface area contributed by atoms with Gasteiger partial charge in [-0.05, 0) is 0 Å². The van der Waals surface area contributed by atoms with Crippen molar-refractivity contribution in [1.29, 1.82) is 0 Å². The van der Waals surface area contributed by atoms with Gasteiger partial charge in [-0.3, -0.25) is 14.6 Å². The van der Waals surface area contributed by atoms with Crippen LogP contribution in [0.3, 0.4) is 0 Å². The molecule has 0 amide bonds. The van der Waals surface area contributed by atoms with Crippen molar-refractivity contribution in [3.05, 3.63) is 0 Å². The summed E-state index contributed by atoms with van der Waals surface area (Å²) in [6.07, 6.45) is 0. The van der Waals surface area contributed by atoms with E-state index >= 15 is 0 Å². The zero-order chi connectivity index (χ0) is 14.3. The number of hydrogen-bond donors (Lipinski definition) is 6. The van der Waals surface area contributed by atoms with E-state index in [0.717, 1.165) is 0 Å². The van der Waals surface area contributed by atoms with E-state index in [1.165, 1.54) is 0 Å². The van der Waals surface area contributed by atoms with Crippen LogP contribution in [0.4, 0.5) is 0 Å². The zero-order valence-electron chi connectivity index (χ0n) is 9.65. The maximum absolute atomic E-state index is 8.42. The Bertz CT molecular complexity index is 72.7. The van der Waals surface area contributed by atoms with Crippen LogP contribution in [0.5, 0.6) is 0 Å². The van der Waals surface area contributed by atoms with E-state index in [-0.39, 0.29) is 117 Å². The second kappa shape index (κ2) is 37.7. The minimum atomic E-state index is -2.92. The molecule has 0 rings (SSSR count). The smallest absolute Gasteiger partial charge is 0.907 e. The maximum Gasteiger partial charge on any atom is 3.00 e. The monoisotopic (exact) mass is 493 g/mol. The third-order valence-electron chi connectivity index (χ3n) is 0. The molecule has 1 radical (unpaired) electrons. The van der Waals surface area contributed by atoms with Crippen molar-refractivity contribution in [2.75, 3.05) is 0 Å². The summed E-state index contributed by atoms with van der Waals surface area (Å²) in [6.45, 7) is 0. The Balaban J connectivity index is -0.0000000192. The van der Waals surface area contributed by atoms with Crippen LogP contribution in [0.25, 0.3) is 0 Å². The van der Waals surface area contributed by atoms with Gasteiger partial charge in [-0.2, -0.15) is 0 Å². The van der Waals surface area contributed by atoms with Crippen LogP contribution in [-0.4, -0.2) is 105 Å². The van der Waals surface area contributed by atoms with Crippen molar-refractivity contribution in [1.82, 2.24) is 0 Å². The normalized spacial score (nSPS) is 5.68. The molecule has 0 spiro atoms. The maximum atomic E-state index is 8.42. The summed E-state index contributed by atoms with van der Waals surface area (Å²) in [5, 5.41) is 93.5. The van der Waals surface area contributed by atoms with Crippen LogP contribution in [0.2, 0.25) is 0 Å². The van der Waals surface area contributed by atoms with Crippen molar-refractivity contribution in [3.8, 4) is 0 Å². The van der Waals surface area contributed by atoms with E-state index in [1.54, 1.807) is 0 Å². The molecule has 0 atom stereocenters. The van der Waals surface area contributed by atoms with Crippen LogP contribution >= 0.6 is 0 Å². The first kappa shape index (κ1) is 43.3. The average molecular weight is 492 g/mol. The minimum Gasteiger partial charge on any atom is -0.907 e. The van der Waals surface area contributed by atoms with Gasteiger partial charge in [-0.1, -0.05) is 0 Å². The summed E-state index contributed by atoms with van der Waals surface area (Å²) in [4.78, 5) is 0. The fraction of sp³-hybridized carbons (Fsp3) is 0. The Kier molecular flexibility index (Phi) is 86.0. The average Bonchev–Trinajstić information content (AvgIpc) is 1.76. The van der Waals surface area contributed by atoms with E-state index in [1.807, 2.05) is 0 Å². The molecule has 0 saturated heterocycles. The van der Waals surface area contributed by atoms with Gasteiger partial charge in [0, 0.05) is 0 Å². The van der Waals surface area contributed by atoms with Gasteiger partial charge in [-0.25, -0.2) is 0 Å². The van der Waals surface area contributed by atoms with Crippen molar-refractivity contribution in [2.45, 2.75) is 0 Å². The second-order valence-electron chi connectivity index (χ2n) is 1.27. The Labute approximate surface area is 202 Å². The predicted octanol–water partition coefficient (Wildman–Crippen LogP) is -15.4. The molecular formula is H6B4CeNaO12Sr. The first-order chi connectivity index (χ1) is 6.93. The summed E-state index contributed by atoms with van der Waals surface area (Å²) in [6, 6.07) is 0. The second-order valence-corrected chi connectivity index (χ2v) is 1.27. The summed E-state index contributed by atoms with van der Waals surface area (Å²) in [7, 11) is -10.2. The van der Waals surface area contributed by atoms with E-state index in [0.29, 0.717) is 0 Å². The SMILES string of the molecule is OB(O)O.OB(O)O.[Ce+3].[Na+].[O-]B([O-])[O-].[O-]B([O-])[O-].[Sr+2]. The van der Waals surface area contributed by atoms with Gasteiger partial charge >= 0.3 is 131 Å². The van der Waals surface area contributed by atoms with Gasteiger partial charge in [0.05, 0.1) is 0 Å². The number of hydrogen-bond acceptors (Lipinski definition) is 12.